The van der Waals surface area contributed by atoms with E-state index in [4.69, 9.17) is 5.11 Å². The quantitative estimate of drug-likeness (QED) is 0.527. The summed E-state index contributed by atoms with van der Waals surface area (Å²) in [4.78, 5) is 10.9. The van der Waals surface area contributed by atoms with E-state index < -0.39 is 5.97 Å². The van der Waals surface area contributed by atoms with Crippen LogP contribution in [-0.4, -0.2) is 17.6 Å². The summed E-state index contributed by atoms with van der Waals surface area (Å²) in [5, 5.41) is 12.3. The van der Waals surface area contributed by atoms with Crippen molar-refractivity contribution in [3.63, 3.8) is 0 Å². The lowest BCUT2D eigenvalue weighted by Gasteiger charge is -2.12. The first kappa shape index (κ1) is 15.3. The molecule has 2 N–H and O–H groups in total. The number of anilines is 1. The van der Waals surface area contributed by atoms with E-state index in [0.717, 1.165) is 36.2 Å². The molecule has 1 aromatic rings. The van der Waals surface area contributed by atoms with Gasteiger partial charge in [-0.2, -0.15) is 0 Å². The average molecular weight is 261 g/mol. The van der Waals surface area contributed by atoms with Gasteiger partial charge in [-0.1, -0.05) is 38.0 Å². The van der Waals surface area contributed by atoms with Crippen molar-refractivity contribution in [2.24, 2.45) is 0 Å². The Labute approximate surface area is 115 Å². The molecule has 0 aromatic heterocycles. The molecule has 1 aromatic carbocycles. The largest absolute Gasteiger partial charge is 0.481 e. The molecule has 0 atom stereocenters. The van der Waals surface area contributed by atoms with E-state index in [1.807, 2.05) is 24.3 Å². The van der Waals surface area contributed by atoms with Crippen LogP contribution in [0.25, 0.3) is 0 Å². The van der Waals surface area contributed by atoms with E-state index in [9.17, 15) is 4.79 Å². The molecule has 0 unspecified atom stereocenters. The van der Waals surface area contributed by atoms with E-state index in [1.165, 1.54) is 12.8 Å². The van der Waals surface area contributed by atoms with Crippen molar-refractivity contribution in [3.05, 3.63) is 42.0 Å². The van der Waals surface area contributed by atoms with Crippen molar-refractivity contribution in [2.45, 2.75) is 39.0 Å². The number of carboxylic acids is 1. The maximum atomic E-state index is 10.9. The third-order valence-electron chi connectivity index (χ3n) is 2.99. The second kappa shape index (κ2) is 8.35. The zero-order valence-electron chi connectivity index (χ0n) is 11.6. The topological polar surface area (TPSA) is 49.3 Å². The number of benzene rings is 1. The third-order valence-corrected chi connectivity index (χ3v) is 2.99. The Morgan fingerprint density at radius 3 is 2.84 bits per heavy atom. The standard InChI is InChI=1S/C16H23NO2/c1-3-5-6-10-17-15-9-8-13(7-4-2)11-14(15)12-16(18)19/h4,8-9,11,17H,2-3,5-7,10,12H2,1H3,(H,18,19). The molecule has 19 heavy (non-hydrogen) atoms. The molecule has 0 heterocycles. The van der Waals surface area contributed by atoms with Gasteiger partial charge in [0.25, 0.3) is 0 Å². The lowest BCUT2D eigenvalue weighted by atomic mass is 10.0. The van der Waals surface area contributed by atoms with Crippen LogP contribution in [0.5, 0.6) is 0 Å². The van der Waals surface area contributed by atoms with Crippen LogP contribution in [0.3, 0.4) is 0 Å². The minimum atomic E-state index is -0.799. The summed E-state index contributed by atoms with van der Waals surface area (Å²) in [6.07, 6.45) is 6.13. The average Bonchev–Trinajstić information content (AvgIpc) is 2.36. The lowest BCUT2D eigenvalue weighted by Crippen LogP contribution is -2.08. The van der Waals surface area contributed by atoms with Crippen LogP contribution in [0.4, 0.5) is 5.69 Å². The number of nitrogens with one attached hydrogen (secondary N) is 1. The third kappa shape index (κ3) is 5.60. The molecule has 0 amide bonds. The molecular weight excluding hydrogens is 238 g/mol. The Bertz CT molecular complexity index is 427. The van der Waals surface area contributed by atoms with Gasteiger partial charge in [-0.05, 0) is 30.0 Å². The van der Waals surface area contributed by atoms with E-state index in [-0.39, 0.29) is 6.42 Å². The summed E-state index contributed by atoms with van der Waals surface area (Å²) >= 11 is 0. The number of carboxylic acid groups (broad SMARTS) is 1. The summed E-state index contributed by atoms with van der Waals surface area (Å²) < 4.78 is 0. The van der Waals surface area contributed by atoms with Crippen molar-refractivity contribution in [2.75, 3.05) is 11.9 Å². The van der Waals surface area contributed by atoms with Crippen molar-refractivity contribution >= 4 is 11.7 Å². The van der Waals surface area contributed by atoms with Gasteiger partial charge in [-0.15, -0.1) is 6.58 Å². The van der Waals surface area contributed by atoms with Gasteiger partial charge in [0.2, 0.25) is 0 Å². The van der Waals surface area contributed by atoms with Gasteiger partial charge >= 0.3 is 5.97 Å². The fraction of sp³-hybridized carbons (Fsp3) is 0.438. The number of hydrogen-bond donors (Lipinski definition) is 2. The number of unbranched alkanes of at least 4 members (excludes halogenated alkanes) is 2. The molecule has 0 radical (unpaired) electrons. The molecule has 0 aliphatic carbocycles. The number of hydrogen-bond acceptors (Lipinski definition) is 2. The van der Waals surface area contributed by atoms with Crippen LogP contribution in [-0.2, 0) is 17.6 Å². The van der Waals surface area contributed by atoms with Crippen LogP contribution < -0.4 is 5.32 Å². The van der Waals surface area contributed by atoms with E-state index >= 15 is 0 Å². The molecule has 0 bridgehead atoms. The number of aliphatic carboxylic acids is 1. The molecule has 0 saturated heterocycles. The Kier molecular flexibility index (Phi) is 6.72. The fourth-order valence-corrected chi connectivity index (χ4v) is 2.02. The van der Waals surface area contributed by atoms with Crippen LogP contribution in [0.1, 0.15) is 37.3 Å². The Balaban J connectivity index is 2.76. The van der Waals surface area contributed by atoms with Crippen molar-refractivity contribution in [1.29, 1.82) is 0 Å². The summed E-state index contributed by atoms with van der Waals surface area (Å²) in [7, 11) is 0. The van der Waals surface area contributed by atoms with Crippen molar-refractivity contribution < 1.29 is 9.90 Å². The highest BCUT2D eigenvalue weighted by atomic mass is 16.4. The van der Waals surface area contributed by atoms with Gasteiger partial charge < -0.3 is 10.4 Å². The summed E-state index contributed by atoms with van der Waals surface area (Å²) in [5.41, 5.74) is 2.89. The van der Waals surface area contributed by atoms with Gasteiger partial charge in [0.05, 0.1) is 6.42 Å². The maximum Gasteiger partial charge on any atom is 0.307 e. The number of carbonyl (C=O) groups is 1. The SMILES string of the molecule is C=CCc1ccc(NCCCCC)c(CC(=O)O)c1. The lowest BCUT2D eigenvalue weighted by molar-refractivity contribution is -0.136. The first-order valence-corrected chi connectivity index (χ1v) is 6.85. The molecule has 0 spiro atoms. The molecule has 0 saturated carbocycles. The highest BCUT2D eigenvalue weighted by Crippen LogP contribution is 2.19. The van der Waals surface area contributed by atoms with Gasteiger partial charge in [0, 0.05) is 12.2 Å². The molecule has 0 aliphatic heterocycles. The Hall–Kier alpha value is -1.77. The minimum absolute atomic E-state index is 0.0566. The maximum absolute atomic E-state index is 10.9. The molecule has 104 valence electrons. The molecular formula is C16H23NO2. The predicted molar refractivity (Wildman–Crippen MR) is 79.7 cm³/mol. The van der Waals surface area contributed by atoms with Gasteiger partial charge in [0.15, 0.2) is 0 Å². The highest BCUT2D eigenvalue weighted by Gasteiger charge is 2.07. The second-order valence-corrected chi connectivity index (χ2v) is 4.69. The van der Waals surface area contributed by atoms with Gasteiger partial charge in [-0.25, -0.2) is 0 Å². The molecule has 0 aliphatic rings. The fourth-order valence-electron chi connectivity index (χ4n) is 2.02. The van der Waals surface area contributed by atoms with Crippen LogP contribution in [0.15, 0.2) is 30.9 Å². The van der Waals surface area contributed by atoms with E-state index in [1.54, 1.807) is 0 Å². The van der Waals surface area contributed by atoms with Crippen LogP contribution >= 0.6 is 0 Å². The first-order valence-electron chi connectivity index (χ1n) is 6.85. The summed E-state index contributed by atoms with van der Waals surface area (Å²) in [6, 6.07) is 5.95. The van der Waals surface area contributed by atoms with E-state index in [2.05, 4.69) is 18.8 Å². The molecule has 3 heteroatoms. The molecule has 3 nitrogen and oxygen atoms in total. The Morgan fingerprint density at radius 1 is 1.42 bits per heavy atom. The summed E-state index contributed by atoms with van der Waals surface area (Å²) in [5.74, 6) is -0.799. The minimum Gasteiger partial charge on any atom is -0.481 e. The predicted octanol–water partition coefficient (Wildman–Crippen LogP) is 3.64. The first-order chi connectivity index (χ1) is 9.17. The normalized spacial score (nSPS) is 10.2. The molecule has 0 fully saturated rings. The second-order valence-electron chi connectivity index (χ2n) is 4.69. The van der Waals surface area contributed by atoms with Crippen molar-refractivity contribution in [1.82, 2.24) is 0 Å². The zero-order valence-corrected chi connectivity index (χ0v) is 11.6. The number of allylic oxidation sites excluding steroid dienone is 1. The van der Waals surface area contributed by atoms with E-state index in [0.29, 0.717) is 0 Å². The molecule has 1 rings (SSSR count). The monoisotopic (exact) mass is 261 g/mol. The Morgan fingerprint density at radius 2 is 2.21 bits per heavy atom. The summed E-state index contributed by atoms with van der Waals surface area (Å²) in [6.45, 7) is 6.76. The zero-order chi connectivity index (χ0) is 14.1. The smallest absolute Gasteiger partial charge is 0.307 e. The van der Waals surface area contributed by atoms with Gasteiger partial charge in [0.1, 0.15) is 0 Å². The van der Waals surface area contributed by atoms with Gasteiger partial charge in [-0.3, -0.25) is 4.79 Å². The van der Waals surface area contributed by atoms with Crippen LogP contribution in [0, 0.1) is 0 Å². The highest BCUT2D eigenvalue weighted by molar-refractivity contribution is 5.73. The number of rotatable bonds is 9. The van der Waals surface area contributed by atoms with Crippen molar-refractivity contribution in [3.8, 4) is 0 Å². The van der Waals surface area contributed by atoms with Crippen LogP contribution in [0.2, 0.25) is 0 Å².